The molecule has 0 fully saturated rings. The molecule has 4 nitrogen and oxygen atoms in total. The zero-order valence-corrected chi connectivity index (χ0v) is 13.6. The van der Waals surface area contributed by atoms with E-state index in [0.717, 1.165) is 39.2 Å². The number of nitrogens with one attached hydrogen (secondary N) is 1. The van der Waals surface area contributed by atoms with Gasteiger partial charge in [-0.3, -0.25) is 5.10 Å². The second kappa shape index (κ2) is 5.46. The second-order valence-corrected chi connectivity index (χ2v) is 6.12. The van der Waals surface area contributed by atoms with E-state index in [2.05, 4.69) is 10.2 Å². The number of ether oxygens (including phenoxy) is 1. The zero-order chi connectivity index (χ0) is 16.8. The maximum Gasteiger partial charge on any atom is 0.165 e. The Balaban J connectivity index is 1.79. The first-order valence-corrected chi connectivity index (χ1v) is 7.85. The Kier molecular flexibility index (Phi) is 3.39. The molecular weight excluding hydrogens is 305 g/mol. The minimum absolute atomic E-state index is 0.231. The van der Waals surface area contributed by atoms with Crippen LogP contribution in [0.3, 0.4) is 0 Å². The highest BCUT2D eigenvalue weighted by molar-refractivity contribution is 5.76. The Hall–Kier alpha value is -2.66. The summed E-state index contributed by atoms with van der Waals surface area (Å²) in [7, 11) is 1.46. The van der Waals surface area contributed by atoms with E-state index in [0.29, 0.717) is 6.42 Å². The summed E-state index contributed by atoms with van der Waals surface area (Å²) in [6.45, 7) is 2.04. The van der Waals surface area contributed by atoms with Crippen molar-refractivity contribution in [2.45, 2.75) is 19.4 Å². The largest absolute Gasteiger partial charge is 0.494 e. The fourth-order valence-electron chi connectivity index (χ4n) is 3.44. The number of hydrogen-bond acceptors (Lipinski definition) is 3. The quantitative estimate of drug-likeness (QED) is 0.606. The number of methoxy groups -OCH3 is 1. The molecule has 4 rings (SSSR count). The summed E-state index contributed by atoms with van der Waals surface area (Å²) in [5.74, 6) is -0.121. The van der Waals surface area contributed by atoms with E-state index in [4.69, 9.17) is 10.5 Å². The maximum absolute atomic E-state index is 14.0. The molecule has 122 valence electrons. The molecule has 1 unspecified atom stereocenters. The molecule has 2 aromatic carbocycles. The minimum atomic E-state index is -0.352. The van der Waals surface area contributed by atoms with Gasteiger partial charge < -0.3 is 10.5 Å². The molecular formula is C19H18FN3O. The predicted octanol–water partition coefficient (Wildman–Crippen LogP) is 3.49. The molecule has 3 N–H and O–H groups in total. The molecule has 1 aliphatic carbocycles. The third-order valence-electron chi connectivity index (χ3n) is 4.73. The SMILES string of the molecule is COc1cc2c(cc1F)Cc1c-2n[nH]c1C(N)c1ccccc1C. The first kappa shape index (κ1) is 14.9. The van der Waals surface area contributed by atoms with Crippen molar-refractivity contribution in [2.24, 2.45) is 5.73 Å². The fraction of sp³-hybridized carbons (Fsp3) is 0.211. The van der Waals surface area contributed by atoms with Gasteiger partial charge in [-0.15, -0.1) is 0 Å². The number of fused-ring (bicyclic) bond motifs is 3. The summed E-state index contributed by atoms with van der Waals surface area (Å²) in [4.78, 5) is 0. The van der Waals surface area contributed by atoms with Crippen LogP contribution >= 0.6 is 0 Å². The molecule has 1 heterocycles. The van der Waals surface area contributed by atoms with Gasteiger partial charge in [0.2, 0.25) is 0 Å². The van der Waals surface area contributed by atoms with Crippen LogP contribution in [0.25, 0.3) is 11.3 Å². The number of aromatic amines is 1. The maximum atomic E-state index is 14.0. The van der Waals surface area contributed by atoms with Crippen molar-refractivity contribution in [3.8, 4) is 17.0 Å². The van der Waals surface area contributed by atoms with Crippen molar-refractivity contribution in [2.75, 3.05) is 7.11 Å². The molecule has 1 atom stereocenters. The molecule has 3 aromatic rings. The van der Waals surface area contributed by atoms with Crippen LogP contribution in [0.15, 0.2) is 36.4 Å². The highest BCUT2D eigenvalue weighted by Gasteiger charge is 2.29. The number of nitrogens with two attached hydrogens (primary N) is 1. The van der Waals surface area contributed by atoms with E-state index < -0.39 is 0 Å². The van der Waals surface area contributed by atoms with Crippen LogP contribution in [0.1, 0.15) is 34.0 Å². The Labute approximate surface area is 139 Å². The number of rotatable bonds is 3. The number of aromatic nitrogens is 2. The number of benzene rings is 2. The molecule has 24 heavy (non-hydrogen) atoms. The standard InChI is InChI=1S/C19H18FN3O/c1-10-5-3-4-6-12(10)17(21)19-14-7-11-8-15(20)16(24-2)9-13(11)18(14)22-23-19/h3-6,8-9,17H,7,21H2,1-2H3,(H,22,23). The molecule has 0 bridgehead atoms. The first-order valence-electron chi connectivity index (χ1n) is 7.85. The van der Waals surface area contributed by atoms with E-state index >= 15 is 0 Å². The first-order chi connectivity index (χ1) is 11.6. The average molecular weight is 323 g/mol. The van der Waals surface area contributed by atoms with Crippen LogP contribution in [-0.4, -0.2) is 17.3 Å². The van der Waals surface area contributed by atoms with Crippen LogP contribution in [0, 0.1) is 12.7 Å². The van der Waals surface area contributed by atoms with Gasteiger partial charge in [0.05, 0.1) is 24.5 Å². The van der Waals surface area contributed by atoms with Gasteiger partial charge in [0.15, 0.2) is 11.6 Å². The molecule has 0 spiro atoms. The second-order valence-electron chi connectivity index (χ2n) is 6.12. The van der Waals surface area contributed by atoms with E-state index in [-0.39, 0.29) is 17.6 Å². The normalized spacial score (nSPS) is 13.5. The third kappa shape index (κ3) is 2.12. The topological polar surface area (TPSA) is 63.9 Å². The lowest BCUT2D eigenvalue weighted by Gasteiger charge is -2.14. The van der Waals surface area contributed by atoms with Crippen molar-refractivity contribution < 1.29 is 9.13 Å². The zero-order valence-electron chi connectivity index (χ0n) is 13.6. The van der Waals surface area contributed by atoms with Gasteiger partial charge in [-0.1, -0.05) is 24.3 Å². The number of H-pyrrole nitrogens is 1. The van der Waals surface area contributed by atoms with E-state index in [1.807, 2.05) is 31.2 Å². The summed E-state index contributed by atoms with van der Waals surface area (Å²) in [5.41, 5.74) is 13.3. The lowest BCUT2D eigenvalue weighted by Crippen LogP contribution is -2.15. The highest BCUT2D eigenvalue weighted by atomic mass is 19.1. The molecule has 5 heteroatoms. The number of hydrogen-bond donors (Lipinski definition) is 2. The molecule has 0 saturated heterocycles. The van der Waals surface area contributed by atoms with Crippen molar-refractivity contribution in [3.05, 3.63) is 70.2 Å². The van der Waals surface area contributed by atoms with Crippen molar-refractivity contribution in [1.29, 1.82) is 0 Å². The summed E-state index contributed by atoms with van der Waals surface area (Å²) >= 11 is 0. The molecule has 0 aliphatic heterocycles. The number of aryl methyl sites for hydroxylation is 1. The van der Waals surface area contributed by atoms with Gasteiger partial charge in [0.25, 0.3) is 0 Å². The van der Waals surface area contributed by atoms with Crippen molar-refractivity contribution in [3.63, 3.8) is 0 Å². The average Bonchev–Trinajstić information content (AvgIpc) is 3.12. The summed E-state index contributed by atoms with van der Waals surface area (Å²) in [6.07, 6.45) is 0.622. The smallest absolute Gasteiger partial charge is 0.165 e. The van der Waals surface area contributed by atoms with E-state index in [1.165, 1.54) is 13.2 Å². The minimum Gasteiger partial charge on any atom is -0.494 e. The molecule has 1 aliphatic rings. The van der Waals surface area contributed by atoms with Gasteiger partial charge in [-0.05, 0) is 35.7 Å². The lowest BCUT2D eigenvalue weighted by atomic mass is 9.96. The van der Waals surface area contributed by atoms with E-state index in [9.17, 15) is 4.39 Å². The highest BCUT2D eigenvalue weighted by Crippen LogP contribution is 2.41. The van der Waals surface area contributed by atoms with Crippen LogP contribution in [0.4, 0.5) is 4.39 Å². The Bertz CT molecular complexity index is 932. The van der Waals surface area contributed by atoms with Gasteiger partial charge >= 0.3 is 0 Å². The van der Waals surface area contributed by atoms with Gasteiger partial charge in [-0.25, -0.2) is 4.39 Å². The number of halogens is 1. The molecule has 0 radical (unpaired) electrons. The fourth-order valence-corrected chi connectivity index (χ4v) is 3.44. The third-order valence-corrected chi connectivity index (χ3v) is 4.73. The van der Waals surface area contributed by atoms with Crippen LogP contribution in [-0.2, 0) is 6.42 Å². The molecule has 1 aromatic heterocycles. The number of nitrogens with zero attached hydrogens (tertiary/aromatic N) is 1. The van der Waals surface area contributed by atoms with Crippen LogP contribution in [0.5, 0.6) is 5.75 Å². The van der Waals surface area contributed by atoms with Crippen molar-refractivity contribution in [1.82, 2.24) is 10.2 Å². The van der Waals surface area contributed by atoms with Crippen molar-refractivity contribution >= 4 is 0 Å². The summed E-state index contributed by atoms with van der Waals surface area (Å²) < 4.78 is 19.1. The lowest BCUT2D eigenvalue weighted by molar-refractivity contribution is 0.386. The van der Waals surface area contributed by atoms with E-state index in [1.54, 1.807) is 6.07 Å². The van der Waals surface area contributed by atoms with Gasteiger partial charge in [0.1, 0.15) is 0 Å². The molecule has 0 amide bonds. The van der Waals surface area contributed by atoms with Crippen LogP contribution < -0.4 is 10.5 Å². The monoisotopic (exact) mass is 323 g/mol. The predicted molar refractivity (Wildman–Crippen MR) is 90.5 cm³/mol. The summed E-state index contributed by atoms with van der Waals surface area (Å²) in [6, 6.07) is 11.0. The van der Waals surface area contributed by atoms with Gasteiger partial charge in [0, 0.05) is 17.5 Å². The molecule has 0 saturated carbocycles. The Morgan fingerprint density at radius 3 is 2.83 bits per heavy atom. The Morgan fingerprint density at radius 1 is 1.29 bits per heavy atom. The summed E-state index contributed by atoms with van der Waals surface area (Å²) in [5, 5.41) is 7.52. The van der Waals surface area contributed by atoms with Gasteiger partial charge in [-0.2, -0.15) is 5.10 Å². The Morgan fingerprint density at radius 2 is 2.08 bits per heavy atom. The van der Waals surface area contributed by atoms with Crippen LogP contribution in [0.2, 0.25) is 0 Å².